The highest BCUT2D eigenvalue weighted by Crippen LogP contribution is 2.41. The second-order valence-corrected chi connectivity index (χ2v) is 12.7. The Morgan fingerprint density at radius 3 is 2.55 bits per heavy atom. The van der Waals surface area contributed by atoms with E-state index in [1.165, 1.54) is 15.5 Å². The maximum absolute atomic E-state index is 15.1. The first-order valence-electron chi connectivity index (χ1n) is 13.3. The van der Waals surface area contributed by atoms with E-state index in [1.54, 1.807) is 33.0 Å². The zero-order chi connectivity index (χ0) is 29.3. The Balaban J connectivity index is 1.75. The molecule has 2 aliphatic heterocycles. The van der Waals surface area contributed by atoms with Crippen molar-refractivity contribution < 1.29 is 18.7 Å². The number of anilines is 2. The van der Waals surface area contributed by atoms with Crippen molar-refractivity contribution in [2.75, 3.05) is 23.3 Å². The molecule has 212 valence electrons. The number of amides is 2. The number of fused-ring (bicyclic) bond motifs is 5. The van der Waals surface area contributed by atoms with Crippen molar-refractivity contribution in [2.24, 2.45) is 0 Å². The number of nitrogens with one attached hydrogen (secondary N) is 1. The molecule has 4 heterocycles. The Labute approximate surface area is 240 Å². The molecule has 2 aliphatic rings. The number of benzene rings is 1. The van der Waals surface area contributed by atoms with Gasteiger partial charge in [0, 0.05) is 24.2 Å². The SMILES string of the molecule is Cc1ccnc(C(C)C)c1-n1c(=O)c2c(c3cc(F)c(Br)cc31)N1C[C@@H](C)N(C(=O)OC(C)(C)C)CC1C(=O)N2. The van der Waals surface area contributed by atoms with Gasteiger partial charge in [-0.2, -0.15) is 0 Å². The largest absolute Gasteiger partial charge is 0.444 e. The number of rotatable bonds is 2. The van der Waals surface area contributed by atoms with E-state index < -0.39 is 35.0 Å². The number of ether oxygens (including phenoxy) is 1. The molecule has 2 aromatic heterocycles. The Hall–Kier alpha value is -3.47. The molecule has 1 saturated heterocycles. The second-order valence-electron chi connectivity index (χ2n) is 11.8. The summed E-state index contributed by atoms with van der Waals surface area (Å²) in [6.07, 6.45) is 1.19. The minimum Gasteiger partial charge on any atom is -0.444 e. The van der Waals surface area contributed by atoms with Gasteiger partial charge in [-0.05, 0) is 80.2 Å². The lowest BCUT2D eigenvalue weighted by atomic mass is 9.98. The van der Waals surface area contributed by atoms with Crippen molar-refractivity contribution in [1.82, 2.24) is 14.5 Å². The summed E-state index contributed by atoms with van der Waals surface area (Å²) in [6, 6.07) is 3.68. The number of carbonyl (C=O) groups excluding carboxylic acids is 2. The minimum atomic E-state index is -0.785. The highest BCUT2D eigenvalue weighted by molar-refractivity contribution is 9.10. The van der Waals surface area contributed by atoms with Crippen LogP contribution >= 0.6 is 15.9 Å². The van der Waals surface area contributed by atoms with Crippen molar-refractivity contribution in [3.05, 3.63) is 56.3 Å². The van der Waals surface area contributed by atoms with Gasteiger partial charge in [-0.1, -0.05) is 13.8 Å². The van der Waals surface area contributed by atoms with Gasteiger partial charge in [-0.3, -0.25) is 19.1 Å². The predicted octanol–water partition coefficient (Wildman–Crippen LogP) is 5.49. The fraction of sp³-hybridized carbons (Fsp3) is 0.448. The molecule has 2 amide bonds. The average molecular weight is 615 g/mol. The van der Waals surface area contributed by atoms with E-state index in [4.69, 9.17) is 4.74 Å². The van der Waals surface area contributed by atoms with Gasteiger partial charge in [0.15, 0.2) is 0 Å². The molecular formula is C29H33BrFN5O4. The molecule has 1 unspecified atom stereocenters. The molecule has 0 bridgehead atoms. The average Bonchev–Trinajstić information content (AvgIpc) is 2.84. The lowest BCUT2D eigenvalue weighted by Gasteiger charge is -2.48. The standard InChI is InChI=1S/C29H33BrFN5O4/c1-14(2)22-24(15(3)8-9-32-22)36-20-11-18(30)19(31)10-17(20)25-23(27(36)38)33-26(37)21-13-34(16(4)12-35(21)25)28(39)40-29(5,6)7/h8-11,14,16,21H,12-13H2,1-7H3,(H,33,37)/t16-,21?/m1/s1. The van der Waals surface area contributed by atoms with Crippen LogP contribution in [0.2, 0.25) is 0 Å². The third kappa shape index (κ3) is 4.63. The van der Waals surface area contributed by atoms with Crippen molar-refractivity contribution >= 4 is 50.2 Å². The quantitative estimate of drug-likeness (QED) is 0.411. The summed E-state index contributed by atoms with van der Waals surface area (Å²) < 4.78 is 22.4. The maximum atomic E-state index is 15.1. The first kappa shape index (κ1) is 28.1. The zero-order valence-electron chi connectivity index (χ0n) is 23.6. The van der Waals surface area contributed by atoms with Crippen LogP contribution in [0, 0.1) is 12.7 Å². The van der Waals surface area contributed by atoms with E-state index in [0.717, 1.165) is 5.56 Å². The minimum absolute atomic E-state index is 0.00229. The normalized spacial score (nSPS) is 19.0. The second kappa shape index (κ2) is 9.87. The Morgan fingerprint density at radius 1 is 1.20 bits per heavy atom. The van der Waals surface area contributed by atoms with Crippen LogP contribution in [0.3, 0.4) is 0 Å². The van der Waals surface area contributed by atoms with E-state index in [9.17, 15) is 14.4 Å². The third-order valence-corrected chi connectivity index (χ3v) is 7.93. The van der Waals surface area contributed by atoms with E-state index >= 15 is 4.39 Å². The molecule has 9 nitrogen and oxygen atoms in total. The zero-order valence-corrected chi connectivity index (χ0v) is 25.2. The smallest absolute Gasteiger partial charge is 0.410 e. The first-order valence-corrected chi connectivity index (χ1v) is 14.1. The van der Waals surface area contributed by atoms with Crippen LogP contribution in [0.15, 0.2) is 33.7 Å². The molecule has 2 atom stereocenters. The Kier molecular flexibility index (Phi) is 6.92. The van der Waals surface area contributed by atoms with Crippen LogP contribution in [0.25, 0.3) is 16.6 Å². The number of halogens is 2. The molecule has 0 aliphatic carbocycles. The number of carbonyl (C=O) groups is 2. The van der Waals surface area contributed by atoms with E-state index in [0.29, 0.717) is 28.0 Å². The topological polar surface area (TPSA) is 96.8 Å². The van der Waals surface area contributed by atoms with Crippen molar-refractivity contribution in [3.63, 3.8) is 0 Å². The molecule has 1 N–H and O–H groups in total. The fourth-order valence-corrected chi connectivity index (χ4v) is 5.85. The molecule has 11 heteroatoms. The van der Waals surface area contributed by atoms with Crippen molar-refractivity contribution in [3.8, 4) is 5.69 Å². The van der Waals surface area contributed by atoms with Crippen LogP contribution in [0.4, 0.5) is 20.6 Å². The number of aryl methyl sites for hydroxylation is 1. The third-order valence-electron chi connectivity index (χ3n) is 7.32. The maximum Gasteiger partial charge on any atom is 0.410 e. The monoisotopic (exact) mass is 613 g/mol. The summed E-state index contributed by atoms with van der Waals surface area (Å²) in [6.45, 7) is 13.4. The van der Waals surface area contributed by atoms with Gasteiger partial charge in [0.2, 0.25) is 5.91 Å². The predicted molar refractivity (Wildman–Crippen MR) is 156 cm³/mol. The van der Waals surface area contributed by atoms with E-state index in [1.807, 2.05) is 38.7 Å². The van der Waals surface area contributed by atoms with Gasteiger partial charge < -0.3 is 19.9 Å². The summed E-state index contributed by atoms with van der Waals surface area (Å²) in [7, 11) is 0. The molecular weight excluding hydrogens is 581 g/mol. The van der Waals surface area contributed by atoms with Gasteiger partial charge in [-0.25, -0.2) is 9.18 Å². The Morgan fingerprint density at radius 2 is 1.90 bits per heavy atom. The van der Waals surface area contributed by atoms with Gasteiger partial charge in [0.1, 0.15) is 23.1 Å². The number of pyridine rings is 2. The number of hydrogen-bond donors (Lipinski definition) is 1. The molecule has 0 spiro atoms. The van der Waals surface area contributed by atoms with Crippen molar-refractivity contribution in [2.45, 2.75) is 72.1 Å². The van der Waals surface area contributed by atoms with Gasteiger partial charge >= 0.3 is 6.09 Å². The van der Waals surface area contributed by atoms with Crippen LogP contribution < -0.4 is 15.8 Å². The fourth-order valence-electron chi connectivity index (χ4n) is 5.51. The lowest BCUT2D eigenvalue weighted by Crippen LogP contribution is -2.65. The van der Waals surface area contributed by atoms with Crippen LogP contribution in [-0.2, 0) is 9.53 Å². The van der Waals surface area contributed by atoms with Crippen molar-refractivity contribution in [1.29, 1.82) is 0 Å². The molecule has 40 heavy (non-hydrogen) atoms. The lowest BCUT2D eigenvalue weighted by molar-refractivity contribution is -0.118. The van der Waals surface area contributed by atoms with Gasteiger partial charge in [0.25, 0.3) is 5.56 Å². The van der Waals surface area contributed by atoms with Gasteiger partial charge in [-0.15, -0.1) is 0 Å². The van der Waals surface area contributed by atoms with E-state index in [-0.39, 0.29) is 35.2 Å². The summed E-state index contributed by atoms with van der Waals surface area (Å²) in [4.78, 5) is 48.6. The highest BCUT2D eigenvalue weighted by atomic mass is 79.9. The molecule has 0 radical (unpaired) electrons. The summed E-state index contributed by atoms with van der Waals surface area (Å²) >= 11 is 3.30. The van der Waals surface area contributed by atoms with Crippen LogP contribution in [0.5, 0.6) is 0 Å². The number of piperazine rings is 1. The molecule has 5 rings (SSSR count). The molecule has 1 aromatic carbocycles. The first-order chi connectivity index (χ1) is 18.7. The molecule has 1 fully saturated rings. The van der Waals surface area contributed by atoms with Gasteiger partial charge in [0.05, 0.1) is 33.6 Å². The summed E-state index contributed by atoms with van der Waals surface area (Å²) in [5, 5.41) is 3.28. The molecule has 0 saturated carbocycles. The number of hydrogen-bond acceptors (Lipinski definition) is 6. The van der Waals surface area contributed by atoms with E-state index in [2.05, 4.69) is 26.2 Å². The van der Waals surface area contributed by atoms with Crippen LogP contribution in [-0.4, -0.2) is 57.2 Å². The summed E-state index contributed by atoms with van der Waals surface area (Å²) in [5.74, 6) is -0.918. The number of aromatic nitrogens is 2. The summed E-state index contributed by atoms with van der Waals surface area (Å²) in [5.41, 5.74) is 2.00. The highest BCUT2D eigenvalue weighted by Gasteiger charge is 2.44. The Bertz CT molecular complexity index is 1610. The van der Waals surface area contributed by atoms with Crippen LogP contribution in [0.1, 0.15) is 58.7 Å². The molecule has 3 aromatic rings. The number of nitrogens with zero attached hydrogens (tertiary/aromatic N) is 4.